The quantitative estimate of drug-likeness (QED) is 0.271. The van der Waals surface area contributed by atoms with E-state index in [2.05, 4.69) is 9.97 Å². The Bertz CT molecular complexity index is 1420. The van der Waals surface area contributed by atoms with Gasteiger partial charge in [-0.1, -0.05) is 13.8 Å². The van der Waals surface area contributed by atoms with E-state index in [0.29, 0.717) is 83.4 Å². The van der Waals surface area contributed by atoms with Gasteiger partial charge < -0.3 is 29.3 Å². The summed E-state index contributed by atoms with van der Waals surface area (Å²) in [5, 5.41) is 9.32. The molecular formula is C34H43F6N5O5. The normalized spacial score (nSPS) is 24.9. The van der Waals surface area contributed by atoms with E-state index in [9.17, 15) is 41.0 Å². The SMILES string of the molecule is CC[C@@H]1CC(N(Cc2cc(C(F)(F)F)cc(C(F)(F)F)c2)c2ncc(N3CCOCC3)cn2)C[C@H](CC)N1C(=O)O[C@H]1CC[C@H](C(=O)O)CC1. The summed E-state index contributed by atoms with van der Waals surface area (Å²) in [6, 6.07) is 0.403. The number of aromatic nitrogens is 2. The first-order valence-corrected chi connectivity index (χ1v) is 17.1. The fourth-order valence-corrected chi connectivity index (χ4v) is 7.28. The van der Waals surface area contributed by atoms with Gasteiger partial charge in [-0.2, -0.15) is 26.3 Å². The van der Waals surface area contributed by atoms with Gasteiger partial charge in [0.25, 0.3) is 0 Å². The zero-order valence-corrected chi connectivity index (χ0v) is 28.0. The van der Waals surface area contributed by atoms with Crippen LogP contribution in [0.3, 0.4) is 0 Å². The lowest BCUT2D eigenvalue weighted by Gasteiger charge is -2.47. The molecule has 50 heavy (non-hydrogen) atoms. The minimum Gasteiger partial charge on any atom is -0.481 e. The number of rotatable bonds is 9. The highest BCUT2D eigenvalue weighted by molar-refractivity contribution is 5.70. The van der Waals surface area contributed by atoms with Crippen LogP contribution in [-0.4, -0.2) is 82.6 Å². The predicted molar refractivity (Wildman–Crippen MR) is 171 cm³/mol. The fraction of sp³-hybridized carbons (Fsp3) is 0.647. The predicted octanol–water partition coefficient (Wildman–Crippen LogP) is 7.16. The number of morpholine rings is 1. The van der Waals surface area contributed by atoms with Crippen LogP contribution in [0.5, 0.6) is 0 Å². The molecule has 276 valence electrons. The van der Waals surface area contributed by atoms with Gasteiger partial charge in [0.15, 0.2) is 0 Å². The van der Waals surface area contributed by atoms with Crippen LogP contribution in [0.2, 0.25) is 0 Å². The Morgan fingerprint density at radius 3 is 1.92 bits per heavy atom. The maximum absolute atomic E-state index is 13.8. The Hall–Kier alpha value is -3.82. The highest BCUT2D eigenvalue weighted by Crippen LogP contribution is 2.39. The molecule has 5 rings (SSSR count). The van der Waals surface area contributed by atoms with Crippen molar-refractivity contribution in [2.75, 3.05) is 36.1 Å². The fourth-order valence-electron chi connectivity index (χ4n) is 7.28. The maximum atomic E-state index is 13.8. The molecule has 1 saturated carbocycles. The van der Waals surface area contributed by atoms with Gasteiger partial charge in [0.05, 0.1) is 48.3 Å². The van der Waals surface area contributed by atoms with Gasteiger partial charge in [0.2, 0.25) is 5.95 Å². The molecule has 10 nitrogen and oxygen atoms in total. The van der Waals surface area contributed by atoms with Crippen molar-refractivity contribution in [2.45, 2.75) is 108 Å². The van der Waals surface area contributed by atoms with E-state index < -0.39 is 53.6 Å². The summed E-state index contributed by atoms with van der Waals surface area (Å²) in [6.45, 7) is 5.74. The summed E-state index contributed by atoms with van der Waals surface area (Å²) in [6.07, 6.45) is -4.33. The van der Waals surface area contributed by atoms with Crippen LogP contribution in [0.15, 0.2) is 30.6 Å². The summed E-state index contributed by atoms with van der Waals surface area (Å²) in [4.78, 5) is 39.5. The third-order valence-corrected chi connectivity index (χ3v) is 10.0. The molecule has 3 atom stereocenters. The van der Waals surface area contributed by atoms with Crippen molar-refractivity contribution >= 4 is 23.7 Å². The first-order chi connectivity index (χ1) is 23.7. The lowest BCUT2D eigenvalue weighted by atomic mass is 9.87. The number of hydrogen-bond donors (Lipinski definition) is 1. The van der Waals surface area contributed by atoms with Gasteiger partial charge in [-0.25, -0.2) is 14.8 Å². The largest absolute Gasteiger partial charge is 0.481 e. The number of nitrogens with zero attached hydrogens (tertiary/aromatic N) is 5. The highest BCUT2D eigenvalue weighted by Gasteiger charge is 2.42. The molecule has 0 spiro atoms. The zero-order chi connectivity index (χ0) is 36.2. The second-order valence-electron chi connectivity index (χ2n) is 13.2. The van der Waals surface area contributed by atoms with Crippen molar-refractivity contribution in [3.63, 3.8) is 0 Å². The molecule has 0 bridgehead atoms. The average Bonchev–Trinajstić information content (AvgIpc) is 3.09. The first kappa shape index (κ1) is 37.4. The Balaban J connectivity index is 1.44. The average molecular weight is 716 g/mol. The first-order valence-electron chi connectivity index (χ1n) is 17.1. The standard InChI is InChI=1S/C34H43F6N5O5/c1-3-25-16-27(17-26(4-2)45(25)32(48)50-29-7-5-22(6-8-29)30(46)47)44(31-41-18-28(19-42-31)43-9-11-49-12-10-43)20-21-13-23(33(35,36)37)15-24(14-21)34(38,39)40/h13-15,18-19,22,25-27,29H,3-12,16-17,20H2,1-2H3,(H,46,47)/t22-,25-,26+,27?,29-. The number of halogens is 6. The molecule has 3 heterocycles. The Morgan fingerprint density at radius 1 is 0.900 bits per heavy atom. The molecule has 1 aromatic heterocycles. The van der Waals surface area contributed by atoms with Crippen molar-refractivity contribution in [1.29, 1.82) is 0 Å². The van der Waals surface area contributed by atoms with E-state index in [4.69, 9.17) is 9.47 Å². The van der Waals surface area contributed by atoms with Crippen LogP contribution in [-0.2, 0) is 33.2 Å². The minimum absolute atomic E-state index is 0.111. The molecule has 3 aliphatic rings. The summed E-state index contributed by atoms with van der Waals surface area (Å²) in [5.41, 5.74) is -2.30. The maximum Gasteiger partial charge on any atom is 0.416 e. The number of carbonyl (C=O) groups excluding carboxylic acids is 1. The molecule has 16 heteroatoms. The van der Waals surface area contributed by atoms with Crippen LogP contribution >= 0.6 is 0 Å². The van der Waals surface area contributed by atoms with Gasteiger partial charge in [0, 0.05) is 37.8 Å². The zero-order valence-electron chi connectivity index (χ0n) is 28.0. The lowest BCUT2D eigenvalue weighted by Crippen LogP contribution is -2.57. The van der Waals surface area contributed by atoms with Gasteiger partial charge in [-0.05, 0) is 75.1 Å². The minimum atomic E-state index is -5.00. The number of alkyl halides is 6. The molecule has 1 N–H and O–H groups in total. The van der Waals surface area contributed by atoms with Crippen molar-refractivity contribution in [2.24, 2.45) is 5.92 Å². The molecule has 1 aliphatic carbocycles. The second-order valence-corrected chi connectivity index (χ2v) is 13.2. The van der Waals surface area contributed by atoms with Crippen LogP contribution < -0.4 is 9.80 Å². The topological polar surface area (TPSA) is 108 Å². The van der Waals surface area contributed by atoms with E-state index in [1.54, 1.807) is 22.2 Å². The Kier molecular flexibility index (Phi) is 11.7. The number of carboxylic acid groups (broad SMARTS) is 1. The molecule has 3 fully saturated rings. The number of likely N-dealkylation sites (tertiary alicyclic amines) is 1. The number of anilines is 2. The van der Waals surface area contributed by atoms with Crippen LogP contribution in [0.1, 0.15) is 81.9 Å². The van der Waals surface area contributed by atoms with Crippen LogP contribution in [0, 0.1) is 5.92 Å². The molecule has 2 saturated heterocycles. The molecular weight excluding hydrogens is 672 g/mol. The van der Waals surface area contributed by atoms with Crippen molar-refractivity contribution in [1.82, 2.24) is 14.9 Å². The van der Waals surface area contributed by atoms with Crippen molar-refractivity contribution < 1.29 is 50.5 Å². The molecule has 1 amide bonds. The van der Waals surface area contributed by atoms with Gasteiger partial charge in [-0.15, -0.1) is 0 Å². The number of hydrogen-bond acceptors (Lipinski definition) is 8. The lowest BCUT2D eigenvalue weighted by molar-refractivity contribution is -0.144. The van der Waals surface area contributed by atoms with E-state index in [-0.39, 0.29) is 36.2 Å². The molecule has 2 aromatic rings. The number of aliphatic carboxylic acids is 1. The smallest absolute Gasteiger partial charge is 0.416 e. The number of piperidine rings is 1. The number of benzene rings is 1. The highest BCUT2D eigenvalue weighted by atomic mass is 19.4. The van der Waals surface area contributed by atoms with Crippen LogP contribution in [0.25, 0.3) is 0 Å². The Labute approximate surface area is 286 Å². The summed E-state index contributed by atoms with van der Waals surface area (Å²) in [7, 11) is 0. The summed E-state index contributed by atoms with van der Waals surface area (Å²) >= 11 is 0. The number of carbonyl (C=O) groups is 2. The summed E-state index contributed by atoms with van der Waals surface area (Å²) in [5.74, 6) is -1.18. The van der Waals surface area contributed by atoms with E-state index in [0.717, 1.165) is 12.1 Å². The van der Waals surface area contributed by atoms with Gasteiger partial charge >= 0.3 is 24.4 Å². The third kappa shape index (κ3) is 8.90. The number of carboxylic acids is 1. The molecule has 1 unspecified atom stereocenters. The van der Waals surface area contributed by atoms with Crippen LogP contribution in [0.4, 0.5) is 42.8 Å². The monoisotopic (exact) mass is 715 g/mol. The van der Waals surface area contributed by atoms with Gasteiger partial charge in [-0.3, -0.25) is 4.79 Å². The Morgan fingerprint density at radius 2 is 1.44 bits per heavy atom. The summed E-state index contributed by atoms with van der Waals surface area (Å²) < 4.78 is 94.2. The van der Waals surface area contributed by atoms with E-state index >= 15 is 0 Å². The van der Waals surface area contributed by atoms with E-state index in [1.807, 2.05) is 18.7 Å². The third-order valence-electron chi connectivity index (χ3n) is 10.0. The number of amides is 1. The molecule has 2 aliphatic heterocycles. The number of ether oxygens (including phenoxy) is 2. The second kappa shape index (κ2) is 15.6. The van der Waals surface area contributed by atoms with Crippen molar-refractivity contribution in [3.8, 4) is 0 Å². The van der Waals surface area contributed by atoms with Gasteiger partial charge in [0.1, 0.15) is 6.10 Å². The van der Waals surface area contributed by atoms with Crippen molar-refractivity contribution in [3.05, 3.63) is 47.3 Å². The molecule has 0 radical (unpaired) electrons. The molecule has 1 aromatic carbocycles. The van der Waals surface area contributed by atoms with E-state index in [1.165, 1.54) is 0 Å².